The third-order valence-corrected chi connectivity index (χ3v) is 3.71. The molecule has 0 aliphatic rings. The summed E-state index contributed by atoms with van der Waals surface area (Å²) in [6, 6.07) is 13.3. The van der Waals surface area contributed by atoms with Gasteiger partial charge in [0.05, 0.1) is 12.1 Å². The molecule has 2 aromatic rings. The van der Waals surface area contributed by atoms with E-state index in [2.05, 4.69) is 10.1 Å². The lowest BCUT2D eigenvalue weighted by Crippen LogP contribution is -2.28. The molecule has 0 saturated heterocycles. The van der Waals surface area contributed by atoms with Gasteiger partial charge in [-0.1, -0.05) is 35.9 Å². The third-order valence-electron chi connectivity index (χ3n) is 3.71. The Kier molecular flexibility index (Phi) is 7.73. The molecule has 0 atom stereocenters. The Balaban J connectivity index is 1.67. The molecule has 0 unspecified atom stereocenters. The lowest BCUT2D eigenvalue weighted by molar-refractivity contribution is -0.121. The highest BCUT2D eigenvalue weighted by Gasteiger charge is 2.11. The lowest BCUT2D eigenvalue weighted by Gasteiger charge is -2.08. The zero-order valence-corrected chi connectivity index (χ0v) is 14.9. The first-order chi connectivity index (χ1) is 12.9. The van der Waals surface area contributed by atoms with Gasteiger partial charge in [-0.3, -0.25) is 4.79 Å². The first-order valence-corrected chi connectivity index (χ1v) is 8.48. The van der Waals surface area contributed by atoms with Crippen molar-refractivity contribution in [2.24, 2.45) is 0 Å². The van der Waals surface area contributed by atoms with Crippen molar-refractivity contribution in [2.45, 2.75) is 26.4 Å². The molecule has 2 aromatic carbocycles. The Morgan fingerprint density at radius 3 is 2.56 bits per heavy atom. The second-order valence-corrected chi connectivity index (χ2v) is 5.88. The van der Waals surface area contributed by atoms with Gasteiger partial charge in [-0.15, -0.1) is 0 Å². The molecule has 27 heavy (non-hydrogen) atoms. The zero-order valence-electron chi connectivity index (χ0n) is 14.9. The van der Waals surface area contributed by atoms with Crippen LogP contribution in [0.1, 0.15) is 27.9 Å². The molecule has 0 aliphatic carbocycles. The van der Waals surface area contributed by atoms with Crippen molar-refractivity contribution in [3.63, 3.8) is 0 Å². The highest BCUT2D eigenvalue weighted by Crippen LogP contribution is 2.16. The normalized spacial score (nSPS) is 10.5. The molecule has 0 aliphatic heterocycles. The van der Waals surface area contributed by atoms with Crippen LogP contribution in [0.2, 0.25) is 0 Å². The van der Waals surface area contributed by atoms with Crippen LogP contribution in [-0.4, -0.2) is 31.6 Å². The van der Waals surface area contributed by atoms with Gasteiger partial charge in [0.2, 0.25) is 5.91 Å². The number of carbonyl (C=O) groups excluding carboxylic acids is 2. The molecule has 1 amide bonds. The van der Waals surface area contributed by atoms with Crippen molar-refractivity contribution in [2.75, 3.05) is 13.2 Å². The Bertz CT molecular complexity index is 763. The minimum atomic E-state index is -2.97. The Morgan fingerprint density at radius 1 is 1.11 bits per heavy atom. The van der Waals surface area contributed by atoms with E-state index in [4.69, 9.17) is 4.74 Å². The monoisotopic (exact) mass is 377 g/mol. The maximum atomic E-state index is 12.2. The van der Waals surface area contributed by atoms with Gasteiger partial charge in [-0.25, -0.2) is 4.79 Å². The van der Waals surface area contributed by atoms with E-state index in [1.165, 1.54) is 24.3 Å². The molecular weight excluding hydrogens is 356 g/mol. The highest BCUT2D eigenvalue weighted by atomic mass is 19.3. The summed E-state index contributed by atoms with van der Waals surface area (Å²) in [7, 11) is 0. The quantitative estimate of drug-likeness (QED) is 0.537. The number of amides is 1. The van der Waals surface area contributed by atoms with Crippen LogP contribution in [-0.2, 0) is 16.0 Å². The molecule has 0 heterocycles. The minimum Gasteiger partial charge on any atom is -0.460 e. The van der Waals surface area contributed by atoms with Crippen molar-refractivity contribution >= 4 is 11.9 Å². The van der Waals surface area contributed by atoms with E-state index in [9.17, 15) is 18.4 Å². The molecule has 2 rings (SSSR count). The molecule has 7 heteroatoms. The van der Waals surface area contributed by atoms with Gasteiger partial charge in [-0.2, -0.15) is 8.78 Å². The predicted octanol–water partition coefficient (Wildman–Crippen LogP) is 3.50. The molecular formula is C20H21F2NO4. The minimum absolute atomic E-state index is 0.0188. The molecule has 0 aromatic heterocycles. The van der Waals surface area contributed by atoms with Crippen molar-refractivity contribution in [1.82, 2.24) is 5.32 Å². The molecule has 0 saturated carbocycles. The summed E-state index contributed by atoms with van der Waals surface area (Å²) in [6.07, 6.45) is 0.965. The summed E-state index contributed by atoms with van der Waals surface area (Å²) >= 11 is 0. The van der Waals surface area contributed by atoms with E-state index in [0.717, 1.165) is 11.1 Å². The first-order valence-electron chi connectivity index (χ1n) is 8.48. The fourth-order valence-corrected chi connectivity index (χ4v) is 2.32. The Labute approximate surface area is 156 Å². The van der Waals surface area contributed by atoms with Crippen LogP contribution >= 0.6 is 0 Å². The number of alkyl halides is 2. The molecule has 5 nitrogen and oxygen atoms in total. The molecule has 0 fully saturated rings. The van der Waals surface area contributed by atoms with Crippen LogP contribution in [0.4, 0.5) is 8.78 Å². The number of hydrogen-bond acceptors (Lipinski definition) is 4. The third kappa shape index (κ3) is 7.43. The first kappa shape index (κ1) is 20.4. The maximum absolute atomic E-state index is 12.2. The predicted molar refractivity (Wildman–Crippen MR) is 95.9 cm³/mol. The second-order valence-electron chi connectivity index (χ2n) is 5.88. The number of ether oxygens (including phenoxy) is 2. The van der Waals surface area contributed by atoms with Crippen molar-refractivity contribution < 1.29 is 27.8 Å². The Hall–Kier alpha value is -2.96. The van der Waals surface area contributed by atoms with Crippen molar-refractivity contribution in [3.05, 3.63) is 65.2 Å². The van der Waals surface area contributed by atoms with Crippen LogP contribution in [0, 0.1) is 6.92 Å². The average Bonchev–Trinajstić information content (AvgIpc) is 2.64. The summed E-state index contributed by atoms with van der Waals surface area (Å²) in [5.74, 6) is -0.938. The SMILES string of the molecule is Cc1ccc(CCC(=O)NCCOC(=O)c2cccc(OC(F)F)c2)cc1. The van der Waals surface area contributed by atoms with Crippen molar-refractivity contribution in [3.8, 4) is 5.75 Å². The standard InChI is InChI=1S/C20H21F2NO4/c1-14-5-7-15(8-6-14)9-10-18(24)23-11-12-26-19(25)16-3-2-4-17(13-16)27-20(21)22/h2-8,13,20H,9-12H2,1H3,(H,23,24). The summed E-state index contributed by atoms with van der Waals surface area (Å²) < 4.78 is 33.6. The number of carbonyl (C=O) groups is 2. The Morgan fingerprint density at radius 2 is 1.85 bits per heavy atom. The van der Waals surface area contributed by atoms with Crippen LogP contribution in [0.3, 0.4) is 0 Å². The summed E-state index contributed by atoms with van der Waals surface area (Å²) in [6.45, 7) is -0.813. The molecule has 0 bridgehead atoms. The number of halogens is 2. The smallest absolute Gasteiger partial charge is 0.387 e. The van der Waals surface area contributed by atoms with Gasteiger partial charge in [0.25, 0.3) is 0 Å². The molecule has 1 N–H and O–H groups in total. The fourth-order valence-electron chi connectivity index (χ4n) is 2.32. The zero-order chi connectivity index (χ0) is 19.6. The van der Waals surface area contributed by atoms with Crippen molar-refractivity contribution in [1.29, 1.82) is 0 Å². The summed E-state index contributed by atoms with van der Waals surface area (Å²) in [5, 5.41) is 2.67. The van der Waals surface area contributed by atoms with E-state index in [-0.39, 0.29) is 30.4 Å². The number of nitrogens with one attached hydrogen (secondary N) is 1. The van der Waals surface area contributed by atoms with Gasteiger partial charge >= 0.3 is 12.6 Å². The van der Waals surface area contributed by atoms with Crippen LogP contribution < -0.4 is 10.1 Å². The lowest BCUT2D eigenvalue weighted by atomic mass is 10.1. The van der Waals surface area contributed by atoms with Gasteiger partial charge < -0.3 is 14.8 Å². The topological polar surface area (TPSA) is 64.6 Å². The number of hydrogen-bond donors (Lipinski definition) is 1. The molecule has 0 radical (unpaired) electrons. The van der Waals surface area contributed by atoms with Gasteiger partial charge in [0.1, 0.15) is 12.4 Å². The summed E-state index contributed by atoms with van der Waals surface area (Å²) in [5.41, 5.74) is 2.34. The van der Waals surface area contributed by atoms with E-state index >= 15 is 0 Å². The number of benzene rings is 2. The van der Waals surface area contributed by atoms with Crippen LogP contribution in [0.25, 0.3) is 0 Å². The van der Waals surface area contributed by atoms with Crippen LogP contribution in [0.15, 0.2) is 48.5 Å². The highest BCUT2D eigenvalue weighted by molar-refractivity contribution is 5.89. The number of rotatable bonds is 9. The number of esters is 1. The van der Waals surface area contributed by atoms with E-state index in [1.54, 1.807) is 0 Å². The van der Waals surface area contributed by atoms with E-state index in [1.807, 2.05) is 31.2 Å². The van der Waals surface area contributed by atoms with Crippen LogP contribution in [0.5, 0.6) is 5.75 Å². The molecule has 144 valence electrons. The number of aryl methyl sites for hydroxylation is 2. The largest absolute Gasteiger partial charge is 0.460 e. The maximum Gasteiger partial charge on any atom is 0.387 e. The second kappa shape index (κ2) is 10.3. The molecule has 0 spiro atoms. The van der Waals surface area contributed by atoms with E-state index < -0.39 is 12.6 Å². The summed E-state index contributed by atoms with van der Waals surface area (Å²) in [4.78, 5) is 23.7. The fraction of sp³-hybridized carbons (Fsp3) is 0.300. The van der Waals surface area contributed by atoms with Gasteiger partial charge in [0.15, 0.2) is 0 Å². The average molecular weight is 377 g/mol. The van der Waals surface area contributed by atoms with Gasteiger partial charge in [-0.05, 0) is 37.1 Å². The van der Waals surface area contributed by atoms with Gasteiger partial charge in [0, 0.05) is 6.42 Å². The van der Waals surface area contributed by atoms with E-state index in [0.29, 0.717) is 12.8 Å².